The van der Waals surface area contributed by atoms with E-state index in [1.54, 1.807) is 23.3 Å². The number of hydrogen-bond donors (Lipinski definition) is 2. The summed E-state index contributed by atoms with van der Waals surface area (Å²) in [6, 6.07) is 7.87. The van der Waals surface area contributed by atoms with Gasteiger partial charge in [-0.05, 0) is 38.2 Å². The van der Waals surface area contributed by atoms with Gasteiger partial charge in [0.15, 0.2) is 18.2 Å². The smallest absolute Gasteiger partial charge is 0.257 e. The maximum atomic E-state index is 11.9. The van der Waals surface area contributed by atoms with E-state index in [1.165, 1.54) is 0 Å². The minimum atomic E-state index is -0.194. The van der Waals surface area contributed by atoms with E-state index in [0.29, 0.717) is 36.7 Å². The van der Waals surface area contributed by atoms with Gasteiger partial charge in [-0.1, -0.05) is 24.3 Å². The monoisotopic (exact) mass is 490 g/mol. The van der Waals surface area contributed by atoms with Gasteiger partial charge in [-0.15, -0.1) is 0 Å². The molecule has 0 saturated carbocycles. The average Bonchev–Trinajstić information content (AvgIpc) is 3.31. The third-order valence-corrected chi connectivity index (χ3v) is 4.93. The fourth-order valence-corrected chi connectivity index (χ4v) is 3.15. The summed E-state index contributed by atoms with van der Waals surface area (Å²) in [5.74, 6) is 0.781. The number of rotatable bonds is 13. The van der Waals surface area contributed by atoms with Crippen molar-refractivity contribution in [2.45, 2.75) is 6.42 Å². The van der Waals surface area contributed by atoms with Crippen molar-refractivity contribution in [2.24, 2.45) is 12.1 Å². The molecule has 0 radical (unpaired) electrons. The van der Waals surface area contributed by atoms with Gasteiger partial charge in [0.2, 0.25) is 6.41 Å². The van der Waals surface area contributed by atoms with Crippen LogP contribution in [0.3, 0.4) is 0 Å². The summed E-state index contributed by atoms with van der Waals surface area (Å²) in [6.07, 6.45) is 11.6. The molecule has 11 heteroatoms. The molecule has 2 heterocycles. The van der Waals surface area contributed by atoms with Crippen LogP contribution in [-0.4, -0.2) is 76.5 Å². The Labute approximate surface area is 209 Å². The number of aryl methyl sites for hydroxylation is 1. The first kappa shape index (κ1) is 26.2. The van der Waals surface area contributed by atoms with E-state index in [1.807, 2.05) is 68.7 Å². The number of aromatic nitrogens is 4. The van der Waals surface area contributed by atoms with Crippen molar-refractivity contribution < 1.29 is 14.3 Å². The third kappa shape index (κ3) is 8.44. The molecule has 36 heavy (non-hydrogen) atoms. The number of ether oxygens (including phenoxy) is 1. The Bertz CT molecular complexity index is 1200. The van der Waals surface area contributed by atoms with Crippen molar-refractivity contribution in [3.05, 3.63) is 72.3 Å². The molecule has 0 bridgehead atoms. The van der Waals surface area contributed by atoms with E-state index >= 15 is 0 Å². The van der Waals surface area contributed by atoms with E-state index in [-0.39, 0.29) is 12.5 Å². The second-order valence-electron chi connectivity index (χ2n) is 8.14. The van der Waals surface area contributed by atoms with E-state index in [0.717, 1.165) is 23.2 Å². The highest BCUT2D eigenvalue weighted by Gasteiger charge is 2.07. The summed E-state index contributed by atoms with van der Waals surface area (Å²) < 4.78 is 7.14. The molecule has 11 nitrogen and oxygen atoms in total. The summed E-state index contributed by atoms with van der Waals surface area (Å²) in [6.45, 7) is 1.23. The number of hydrazone groups is 1. The number of allylic oxidation sites excluding steroid dienone is 2. The highest BCUT2D eigenvalue weighted by atomic mass is 16.5. The minimum absolute atomic E-state index is 0.0926. The molecule has 3 rings (SSSR count). The van der Waals surface area contributed by atoms with Gasteiger partial charge >= 0.3 is 0 Å². The van der Waals surface area contributed by atoms with E-state index in [9.17, 15) is 9.59 Å². The molecular weight excluding hydrogens is 460 g/mol. The quantitative estimate of drug-likeness (QED) is 0.209. The first-order valence-electron chi connectivity index (χ1n) is 11.3. The molecule has 0 aliphatic heterocycles. The number of benzene rings is 1. The Kier molecular flexibility index (Phi) is 9.83. The Morgan fingerprint density at radius 3 is 2.72 bits per heavy atom. The summed E-state index contributed by atoms with van der Waals surface area (Å²) in [5, 5.41) is 11.0. The molecule has 0 unspecified atom stereocenters. The number of hydrogen-bond acceptors (Lipinski definition) is 8. The summed E-state index contributed by atoms with van der Waals surface area (Å²) in [4.78, 5) is 33.2. The fraction of sp³-hybridized carbons (Fsp3) is 0.280. The van der Waals surface area contributed by atoms with Crippen LogP contribution in [0, 0.1) is 0 Å². The maximum Gasteiger partial charge on any atom is 0.257 e. The van der Waals surface area contributed by atoms with Crippen molar-refractivity contribution in [1.29, 1.82) is 0 Å². The molecule has 2 aromatic heterocycles. The molecule has 0 aliphatic rings. The van der Waals surface area contributed by atoms with Gasteiger partial charge < -0.3 is 15.0 Å². The second-order valence-corrected chi connectivity index (χ2v) is 8.14. The molecule has 0 saturated heterocycles. The Hall–Kier alpha value is -4.38. The number of nitrogens with zero attached hydrogens (tertiary/aromatic N) is 6. The Balaban J connectivity index is 1.58. The second kappa shape index (κ2) is 13.5. The number of likely N-dealkylation sites (N-methyl/N-ethyl adjacent to an activating group) is 1. The predicted molar refractivity (Wildman–Crippen MR) is 136 cm³/mol. The summed E-state index contributed by atoms with van der Waals surface area (Å²) >= 11 is 0. The van der Waals surface area contributed by atoms with Crippen LogP contribution in [0.4, 0.5) is 0 Å². The molecule has 0 aliphatic carbocycles. The molecular formula is C25H30N8O3. The SMILES string of the molecule is CN(C)CCNC(=O)COc1cnc(-c2cccc(C/C=C\C(=N/NC=O)c3cnn(C)c3)c2)nc1. The van der Waals surface area contributed by atoms with Crippen LogP contribution < -0.4 is 15.5 Å². The predicted octanol–water partition coefficient (Wildman–Crippen LogP) is 1.18. The van der Waals surface area contributed by atoms with Crippen LogP contribution in [0.1, 0.15) is 11.1 Å². The maximum absolute atomic E-state index is 11.9. The Morgan fingerprint density at radius 2 is 2.03 bits per heavy atom. The standard InChI is InChI=1S/C25H30N8O3/c1-32(2)11-10-26-24(35)17-36-22-14-27-25(28-15-22)20-8-4-6-19(12-20)7-5-9-23(31-29-18-34)21-13-30-33(3)16-21/h4-6,8-9,12-16,18H,7,10-11,17H2,1-3H3,(H,26,35)(H,29,34)/b9-5-,31-23+. The zero-order valence-electron chi connectivity index (χ0n) is 20.6. The molecule has 3 aromatic rings. The van der Waals surface area contributed by atoms with E-state index in [4.69, 9.17) is 4.74 Å². The fourth-order valence-electron chi connectivity index (χ4n) is 3.15. The van der Waals surface area contributed by atoms with Crippen LogP contribution in [0.25, 0.3) is 11.4 Å². The highest BCUT2D eigenvalue weighted by Crippen LogP contribution is 2.18. The van der Waals surface area contributed by atoms with Crippen molar-refractivity contribution in [3.8, 4) is 17.1 Å². The first-order valence-corrected chi connectivity index (χ1v) is 11.3. The lowest BCUT2D eigenvalue weighted by Gasteiger charge is -2.11. The number of carbonyl (C=O) groups excluding carboxylic acids is 2. The average molecular weight is 491 g/mol. The van der Waals surface area contributed by atoms with E-state index < -0.39 is 0 Å². The summed E-state index contributed by atoms with van der Waals surface area (Å²) in [7, 11) is 5.70. The van der Waals surface area contributed by atoms with Crippen LogP contribution in [0.2, 0.25) is 0 Å². The van der Waals surface area contributed by atoms with Crippen LogP contribution in [0.15, 0.2) is 66.3 Å². The van der Waals surface area contributed by atoms with Crippen LogP contribution in [-0.2, 0) is 23.1 Å². The lowest BCUT2D eigenvalue weighted by atomic mass is 10.1. The molecule has 0 atom stereocenters. The highest BCUT2D eigenvalue weighted by molar-refractivity contribution is 6.08. The molecule has 2 N–H and O–H groups in total. The van der Waals surface area contributed by atoms with Gasteiger partial charge in [-0.2, -0.15) is 10.2 Å². The van der Waals surface area contributed by atoms with Gasteiger partial charge in [0, 0.05) is 37.5 Å². The first-order chi connectivity index (χ1) is 17.4. The molecule has 1 aromatic carbocycles. The third-order valence-electron chi connectivity index (χ3n) is 4.93. The van der Waals surface area contributed by atoms with Crippen molar-refractivity contribution >= 4 is 18.0 Å². The lowest BCUT2D eigenvalue weighted by Crippen LogP contribution is -2.34. The molecule has 0 fully saturated rings. The number of nitrogens with one attached hydrogen (secondary N) is 2. The zero-order valence-corrected chi connectivity index (χ0v) is 20.6. The largest absolute Gasteiger partial charge is 0.481 e. The van der Waals surface area contributed by atoms with Gasteiger partial charge in [0.05, 0.1) is 24.3 Å². The minimum Gasteiger partial charge on any atom is -0.481 e. The van der Waals surface area contributed by atoms with Gasteiger partial charge in [0.25, 0.3) is 5.91 Å². The van der Waals surface area contributed by atoms with Crippen molar-refractivity contribution in [3.63, 3.8) is 0 Å². The molecule has 2 amide bonds. The lowest BCUT2D eigenvalue weighted by molar-refractivity contribution is -0.123. The number of carbonyl (C=O) groups is 2. The van der Waals surface area contributed by atoms with E-state index in [2.05, 4.69) is 30.9 Å². The zero-order chi connectivity index (χ0) is 25.8. The van der Waals surface area contributed by atoms with Crippen molar-refractivity contribution in [2.75, 3.05) is 33.8 Å². The Morgan fingerprint density at radius 1 is 1.22 bits per heavy atom. The van der Waals surface area contributed by atoms with Gasteiger partial charge in [-0.25, -0.2) is 15.4 Å². The summed E-state index contributed by atoms with van der Waals surface area (Å²) in [5.41, 5.74) is 5.63. The normalized spacial score (nSPS) is 11.6. The van der Waals surface area contributed by atoms with Gasteiger partial charge in [-0.3, -0.25) is 14.3 Å². The van der Waals surface area contributed by atoms with Gasteiger partial charge in [0.1, 0.15) is 0 Å². The molecule has 188 valence electrons. The number of amides is 2. The topological polar surface area (TPSA) is 127 Å². The molecule has 0 spiro atoms. The van der Waals surface area contributed by atoms with Crippen LogP contribution >= 0.6 is 0 Å². The van der Waals surface area contributed by atoms with Crippen molar-refractivity contribution in [1.82, 2.24) is 35.4 Å². The van der Waals surface area contributed by atoms with Crippen LogP contribution in [0.5, 0.6) is 5.75 Å².